The van der Waals surface area contributed by atoms with E-state index in [1.54, 1.807) is 26.2 Å². The van der Waals surface area contributed by atoms with Crippen LogP contribution >= 0.6 is 0 Å². The molecule has 0 radical (unpaired) electrons. The summed E-state index contributed by atoms with van der Waals surface area (Å²) >= 11 is 0. The number of hydrogen-bond acceptors (Lipinski definition) is 2. The smallest absolute Gasteiger partial charge is 0.328 e. The number of carboxylic acids is 1. The van der Waals surface area contributed by atoms with Crippen molar-refractivity contribution in [3.63, 3.8) is 0 Å². The molecule has 5 heteroatoms. The van der Waals surface area contributed by atoms with Gasteiger partial charge in [-0.25, -0.2) is 9.59 Å². The van der Waals surface area contributed by atoms with E-state index in [2.05, 4.69) is 5.32 Å². The van der Waals surface area contributed by atoms with Gasteiger partial charge in [-0.2, -0.15) is 0 Å². The number of nitrogens with one attached hydrogen (secondary N) is 1. The van der Waals surface area contributed by atoms with Crippen molar-refractivity contribution in [2.75, 3.05) is 19.4 Å². The Bertz CT molecular complexity index is 507. The first kappa shape index (κ1) is 14.8. The summed E-state index contributed by atoms with van der Waals surface area (Å²) in [5.41, 5.74) is 2.50. The van der Waals surface area contributed by atoms with E-state index in [0.29, 0.717) is 0 Å². The van der Waals surface area contributed by atoms with Gasteiger partial charge in [-0.1, -0.05) is 13.0 Å². The van der Waals surface area contributed by atoms with Crippen LogP contribution in [0.2, 0.25) is 0 Å². The normalized spacial score (nSPS) is 10.5. The standard InChI is InChI=1S/C14H18N2O3/c1-4-11-9-10(6-8-13(17)18)5-7-12(11)15-14(19)16(2)3/h5-9H,4H2,1-3H3,(H,15,19)(H,17,18)/b8-6+. The van der Waals surface area contributed by atoms with Crippen LogP contribution in [0.3, 0.4) is 0 Å². The summed E-state index contributed by atoms with van der Waals surface area (Å²) in [6, 6.07) is 5.22. The molecule has 0 aliphatic carbocycles. The van der Waals surface area contributed by atoms with Gasteiger partial charge in [0.2, 0.25) is 0 Å². The molecule has 1 rings (SSSR count). The number of urea groups is 1. The summed E-state index contributed by atoms with van der Waals surface area (Å²) < 4.78 is 0. The van der Waals surface area contributed by atoms with Crippen molar-refractivity contribution in [2.45, 2.75) is 13.3 Å². The van der Waals surface area contributed by atoms with Crippen LogP contribution in [0.1, 0.15) is 18.1 Å². The third-order valence-electron chi connectivity index (χ3n) is 2.58. The molecule has 5 nitrogen and oxygen atoms in total. The first-order chi connectivity index (χ1) is 8.93. The number of anilines is 1. The first-order valence-corrected chi connectivity index (χ1v) is 5.96. The van der Waals surface area contributed by atoms with Crippen LogP contribution in [0.4, 0.5) is 10.5 Å². The number of carboxylic acid groups (broad SMARTS) is 1. The van der Waals surface area contributed by atoms with Gasteiger partial charge in [0.1, 0.15) is 0 Å². The van der Waals surface area contributed by atoms with Crippen LogP contribution in [0.25, 0.3) is 6.08 Å². The van der Waals surface area contributed by atoms with Crippen molar-refractivity contribution >= 4 is 23.8 Å². The highest BCUT2D eigenvalue weighted by atomic mass is 16.4. The van der Waals surface area contributed by atoms with Crippen molar-refractivity contribution in [1.29, 1.82) is 0 Å². The lowest BCUT2D eigenvalue weighted by Gasteiger charge is -2.15. The molecule has 0 aliphatic heterocycles. The molecule has 0 aromatic heterocycles. The molecule has 0 unspecified atom stereocenters. The summed E-state index contributed by atoms with van der Waals surface area (Å²) in [5, 5.41) is 11.4. The van der Waals surface area contributed by atoms with Gasteiger partial charge < -0.3 is 15.3 Å². The SMILES string of the molecule is CCc1cc(/C=C/C(=O)O)ccc1NC(=O)N(C)C. The Morgan fingerprint density at radius 1 is 1.37 bits per heavy atom. The van der Waals surface area contributed by atoms with E-state index in [-0.39, 0.29) is 6.03 Å². The van der Waals surface area contributed by atoms with E-state index in [0.717, 1.165) is 29.3 Å². The predicted octanol–water partition coefficient (Wildman–Crippen LogP) is 2.44. The van der Waals surface area contributed by atoms with Crippen molar-refractivity contribution in [1.82, 2.24) is 4.90 Å². The number of hydrogen-bond donors (Lipinski definition) is 2. The third kappa shape index (κ3) is 4.46. The van der Waals surface area contributed by atoms with Gasteiger partial charge in [0.15, 0.2) is 0 Å². The predicted molar refractivity (Wildman–Crippen MR) is 75.2 cm³/mol. The molecule has 0 heterocycles. The topological polar surface area (TPSA) is 69.6 Å². The van der Waals surface area contributed by atoms with Crippen molar-refractivity contribution in [3.8, 4) is 0 Å². The lowest BCUT2D eigenvalue weighted by molar-refractivity contribution is -0.131. The zero-order chi connectivity index (χ0) is 14.4. The molecular weight excluding hydrogens is 244 g/mol. The molecule has 2 N–H and O–H groups in total. The maximum Gasteiger partial charge on any atom is 0.328 e. The fourth-order valence-electron chi connectivity index (χ4n) is 1.53. The number of aryl methyl sites for hydroxylation is 1. The Kier molecular flexibility index (Phi) is 5.11. The highest BCUT2D eigenvalue weighted by Gasteiger charge is 2.07. The van der Waals surface area contributed by atoms with E-state index < -0.39 is 5.97 Å². The third-order valence-corrected chi connectivity index (χ3v) is 2.58. The minimum absolute atomic E-state index is 0.191. The molecule has 2 amide bonds. The van der Waals surface area contributed by atoms with E-state index in [1.165, 1.54) is 11.0 Å². The van der Waals surface area contributed by atoms with Crippen LogP contribution in [0.5, 0.6) is 0 Å². The van der Waals surface area contributed by atoms with Crippen LogP contribution < -0.4 is 5.32 Å². The van der Waals surface area contributed by atoms with E-state index in [9.17, 15) is 9.59 Å². The zero-order valence-corrected chi connectivity index (χ0v) is 11.3. The summed E-state index contributed by atoms with van der Waals surface area (Å²) in [4.78, 5) is 23.5. The number of rotatable bonds is 4. The number of amides is 2. The number of carbonyl (C=O) groups is 2. The summed E-state index contributed by atoms with van der Waals surface area (Å²) in [6.07, 6.45) is 3.36. The Hall–Kier alpha value is -2.30. The van der Waals surface area contributed by atoms with E-state index in [1.807, 2.05) is 13.0 Å². The highest BCUT2D eigenvalue weighted by molar-refractivity contribution is 5.90. The van der Waals surface area contributed by atoms with Gasteiger partial charge in [0.25, 0.3) is 0 Å². The molecule has 19 heavy (non-hydrogen) atoms. The second-order valence-electron chi connectivity index (χ2n) is 4.27. The highest BCUT2D eigenvalue weighted by Crippen LogP contribution is 2.19. The van der Waals surface area contributed by atoms with Crippen molar-refractivity contribution in [2.24, 2.45) is 0 Å². The number of benzene rings is 1. The van der Waals surface area contributed by atoms with Crippen LogP contribution in [0, 0.1) is 0 Å². The van der Waals surface area contributed by atoms with Crippen molar-refractivity contribution < 1.29 is 14.7 Å². The van der Waals surface area contributed by atoms with Gasteiger partial charge in [-0.05, 0) is 35.8 Å². The minimum atomic E-state index is -0.983. The zero-order valence-electron chi connectivity index (χ0n) is 11.3. The maximum atomic E-state index is 11.6. The van der Waals surface area contributed by atoms with E-state index in [4.69, 9.17) is 5.11 Å². The van der Waals surface area contributed by atoms with Crippen LogP contribution in [0.15, 0.2) is 24.3 Å². The average molecular weight is 262 g/mol. The number of aliphatic carboxylic acids is 1. The van der Waals surface area contributed by atoms with Crippen molar-refractivity contribution in [3.05, 3.63) is 35.4 Å². The Morgan fingerprint density at radius 2 is 2.05 bits per heavy atom. The van der Waals surface area contributed by atoms with Gasteiger partial charge in [0, 0.05) is 25.9 Å². The molecule has 0 spiro atoms. The summed E-state index contributed by atoms with van der Waals surface area (Å²) in [6.45, 7) is 1.98. The fourth-order valence-corrected chi connectivity index (χ4v) is 1.53. The summed E-state index contributed by atoms with van der Waals surface area (Å²) in [7, 11) is 3.34. The first-order valence-electron chi connectivity index (χ1n) is 5.96. The maximum absolute atomic E-state index is 11.6. The Morgan fingerprint density at radius 3 is 2.58 bits per heavy atom. The van der Waals surface area contributed by atoms with Gasteiger partial charge >= 0.3 is 12.0 Å². The number of carbonyl (C=O) groups excluding carboxylic acids is 1. The monoisotopic (exact) mass is 262 g/mol. The molecule has 0 saturated carbocycles. The quantitative estimate of drug-likeness (QED) is 0.819. The second-order valence-corrected chi connectivity index (χ2v) is 4.27. The molecule has 0 aliphatic rings. The lowest BCUT2D eigenvalue weighted by Crippen LogP contribution is -2.27. The Balaban J connectivity index is 2.96. The van der Waals surface area contributed by atoms with Gasteiger partial charge in [0.05, 0.1) is 0 Å². The molecule has 0 fully saturated rings. The Labute approximate surface area is 112 Å². The van der Waals surface area contributed by atoms with Gasteiger partial charge in [-0.15, -0.1) is 0 Å². The van der Waals surface area contributed by atoms with Crippen LogP contribution in [-0.2, 0) is 11.2 Å². The van der Waals surface area contributed by atoms with E-state index >= 15 is 0 Å². The minimum Gasteiger partial charge on any atom is -0.478 e. The average Bonchev–Trinajstić information content (AvgIpc) is 2.37. The van der Waals surface area contributed by atoms with Gasteiger partial charge in [-0.3, -0.25) is 0 Å². The van der Waals surface area contributed by atoms with Crippen LogP contribution in [-0.4, -0.2) is 36.1 Å². The molecule has 0 atom stereocenters. The molecule has 0 saturated heterocycles. The lowest BCUT2D eigenvalue weighted by atomic mass is 10.1. The molecule has 1 aromatic carbocycles. The molecule has 1 aromatic rings. The largest absolute Gasteiger partial charge is 0.478 e. The molecule has 102 valence electrons. The fraction of sp³-hybridized carbons (Fsp3) is 0.286. The molecular formula is C14H18N2O3. The summed E-state index contributed by atoms with van der Waals surface area (Å²) in [5.74, 6) is -0.983. The number of nitrogens with zero attached hydrogens (tertiary/aromatic N) is 1. The second kappa shape index (κ2) is 6.58. The molecule has 0 bridgehead atoms.